The number of hydrogen-bond acceptors (Lipinski definition) is 14. The Labute approximate surface area is 312 Å². The van der Waals surface area contributed by atoms with E-state index in [0.29, 0.717) is 13.0 Å². The van der Waals surface area contributed by atoms with E-state index in [1.165, 1.54) is 14.0 Å². The van der Waals surface area contributed by atoms with Crippen LogP contribution in [0.4, 0.5) is 0 Å². The summed E-state index contributed by atoms with van der Waals surface area (Å²) in [5.41, 5.74) is -4.37. The van der Waals surface area contributed by atoms with E-state index in [9.17, 15) is 30.3 Å². The monoisotopic (exact) mass is 1020 g/mol. The predicted octanol–water partition coefficient (Wildman–Crippen LogP) is 1.90. The van der Waals surface area contributed by atoms with Gasteiger partial charge in [0.2, 0.25) is 0 Å². The largest absolute Gasteiger partial charge is 0.459 e. The topological polar surface area (TPSA) is 180 Å². The van der Waals surface area contributed by atoms with Crippen LogP contribution in [0, 0.1) is 17.8 Å². The third-order valence-electron chi connectivity index (χ3n) is 12.2. The molecule has 0 saturated carbocycles. The third kappa shape index (κ3) is 10.4. The van der Waals surface area contributed by atoms with Gasteiger partial charge in [0.1, 0.15) is 30.0 Å². The fraction of sp³-hybridized carbons (Fsp3) is 0.974. The Hall–Kier alpha value is -2.01. The number of hydrogen-bond donors (Lipinski definition) is 5. The number of esters is 1. The number of methoxy groups -OCH3 is 1. The fourth-order valence-electron chi connectivity index (χ4n) is 8.74. The van der Waals surface area contributed by atoms with Gasteiger partial charge in [0.05, 0.1) is 41.5 Å². The Morgan fingerprint density at radius 1 is 0.943 bits per heavy atom. The first-order valence-electron chi connectivity index (χ1n) is 19.1. The Balaban J connectivity index is 0.00000972. The second-order valence-electron chi connectivity index (χ2n) is 17.2. The van der Waals surface area contributed by atoms with Crippen molar-refractivity contribution in [1.82, 2.24) is 9.80 Å². The van der Waals surface area contributed by atoms with Gasteiger partial charge >= 0.3 is 5.97 Å². The molecule has 3 aliphatic rings. The minimum absolute atomic E-state index is 0. The number of cyclic esters (lactones) is 1. The number of aliphatic hydroxyl groups is 5. The zero-order valence-electron chi connectivity index (χ0n) is 34.9. The molecule has 0 spiro atoms. The van der Waals surface area contributed by atoms with Crippen molar-refractivity contribution in [2.24, 2.45) is 17.8 Å². The van der Waals surface area contributed by atoms with Crippen LogP contribution < -0.4 is 0 Å². The molecular weight excluding hydrogens is 943 g/mol. The van der Waals surface area contributed by atoms with Gasteiger partial charge < -0.3 is 63.8 Å². The summed E-state index contributed by atoms with van der Waals surface area (Å²) < 4.78 is 37.5. The molecule has 18 atom stereocenters. The van der Waals surface area contributed by atoms with Gasteiger partial charge in [-0.2, -0.15) is 0 Å². The second-order valence-corrected chi connectivity index (χ2v) is 17.2. The Kier molecular flexibility index (Phi) is 16.3. The van der Waals surface area contributed by atoms with E-state index in [-0.39, 0.29) is 37.3 Å². The van der Waals surface area contributed by atoms with Gasteiger partial charge in [0.25, 0.3) is 0 Å². The number of carbonyl (C=O) groups is 1. The zero-order chi connectivity index (χ0) is 39.7. The van der Waals surface area contributed by atoms with Gasteiger partial charge in [-0.15, -0.1) is 0 Å². The van der Waals surface area contributed by atoms with Crippen LogP contribution in [-0.2, 0) is 33.2 Å². The van der Waals surface area contributed by atoms with Crippen molar-refractivity contribution < 1.29 is 58.7 Å². The molecule has 0 aromatic carbocycles. The molecule has 0 amide bonds. The number of rotatable bonds is 7. The molecule has 3 heterocycles. The van der Waals surface area contributed by atoms with Crippen molar-refractivity contribution in [3.63, 3.8) is 0 Å². The van der Waals surface area contributed by atoms with Crippen LogP contribution in [0.2, 0.25) is 0 Å². The molecule has 308 valence electrons. The third-order valence-corrected chi connectivity index (χ3v) is 12.2. The van der Waals surface area contributed by atoms with E-state index in [0.717, 1.165) is 0 Å². The number of ether oxygens (including phenoxy) is 6. The molecule has 15 heteroatoms. The average molecular weight is 1020 g/mol. The normalized spacial score (nSPS) is 48.7. The van der Waals surface area contributed by atoms with Crippen LogP contribution in [0.1, 0.15) is 94.9 Å². The van der Waals surface area contributed by atoms with E-state index < -0.39 is 96.0 Å². The van der Waals surface area contributed by atoms with Crippen molar-refractivity contribution in [2.45, 2.75) is 185 Å². The van der Waals surface area contributed by atoms with Crippen LogP contribution in [0.15, 0.2) is 0 Å². The average Bonchev–Trinajstić information content (AvgIpc) is 3.05. The summed E-state index contributed by atoms with van der Waals surface area (Å²) in [5.74, 6) is -2.58. The maximum atomic E-state index is 14.2. The molecule has 3 fully saturated rings. The smallest absolute Gasteiger partial charge is 0.311 e. The van der Waals surface area contributed by atoms with Gasteiger partial charge in [-0.25, -0.2) is 0 Å². The summed E-state index contributed by atoms with van der Waals surface area (Å²) in [6.45, 7) is 18.0. The molecular formula is C38H72N2O12Rf. The van der Waals surface area contributed by atoms with Crippen LogP contribution in [0.3, 0.4) is 0 Å². The Morgan fingerprint density at radius 2 is 1.55 bits per heavy atom. The van der Waals surface area contributed by atoms with E-state index in [1.54, 1.807) is 41.5 Å². The first-order chi connectivity index (χ1) is 23.9. The molecule has 0 unspecified atom stereocenters. The van der Waals surface area contributed by atoms with Crippen LogP contribution in [0.5, 0.6) is 0 Å². The maximum Gasteiger partial charge on any atom is 0.311 e. The molecule has 3 saturated heterocycles. The summed E-state index contributed by atoms with van der Waals surface area (Å²) in [5, 5.41) is 58.1. The van der Waals surface area contributed by atoms with Gasteiger partial charge in [0, 0.05) is 38.1 Å². The molecule has 0 radical (unpaired) electrons. The summed E-state index contributed by atoms with van der Waals surface area (Å²) in [4.78, 5) is 18.0. The SMILES string of the molecule is CC[C@H]1OC(=O)[C@H](C)[C@@H](O[C@H]2C[C@](C)(OC)[C@@H](O)[C@H](C)O2)[C@H](C)[C@@H](O[C@@H]2O[C@H](C)C[C@H](N(C)C)[C@H]2O)[C@](C)(O)C[C@@H](C)CN(C)[C@H](C)[C@@H](O)[C@]1(C)O.[Rf]. The van der Waals surface area contributed by atoms with Crippen molar-refractivity contribution in [3.8, 4) is 0 Å². The van der Waals surface area contributed by atoms with Crippen LogP contribution in [0.25, 0.3) is 0 Å². The molecule has 0 bridgehead atoms. The predicted molar refractivity (Wildman–Crippen MR) is 194 cm³/mol. The van der Waals surface area contributed by atoms with Crippen molar-refractivity contribution in [1.29, 1.82) is 0 Å². The number of aliphatic hydroxyl groups excluding tert-OH is 3. The first-order valence-corrected chi connectivity index (χ1v) is 19.1. The molecule has 14 nitrogen and oxygen atoms in total. The maximum absolute atomic E-state index is 14.2. The zero-order valence-corrected chi connectivity index (χ0v) is 41.3. The van der Waals surface area contributed by atoms with E-state index in [1.807, 2.05) is 51.7 Å². The van der Waals surface area contributed by atoms with Crippen molar-refractivity contribution in [3.05, 3.63) is 0 Å². The summed E-state index contributed by atoms with van der Waals surface area (Å²) in [6, 6.07) is -0.808. The van der Waals surface area contributed by atoms with Crippen LogP contribution >= 0.6 is 0 Å². The Bertz CT molecular complexity index is 1150. The van der Waals surface area contributed by atoms with E-state index >= 15 is 0 Å². The molecule has 0 aromatic heterocycles. The van der Waals surface area contributed by atoms with Crippen LogP contribution in [-0.4, -0.2) is 166 Å². The fourth-order valence-corrected chi connectivity index (χ4v) is 8.74. The molecule has 3 rings (SSSR count). The number of carbonyl (C=O) groups excluding carboxylic acids is 1. The van der Waals surface area contributed by atoms with E-state index in [4.69, 9.17) is 28.4 Å². The minimum Gasteiger partial charge on any atom is -0.459 e. The second kappa shape index (κ2) is 18.3. The standard InChI is InChI=1S/C38H72N2O12.Rf/c1-15-27-38(10,46)31(42)24(6)40(13)19-20(2)17-36(8,45)33(52-35-29(41)26(39(11)12)16-21(3)48-35)22(4)30(23(5)34(44)50-27)51-28-18-37(9,47-14)32(43)25(7)49-28;/h20-33,35,41-43,45-46H,15-19H2,1-14H3;/t20-,21-,22+,23-,24-,25+,26+,27-,28+,29-,30+,31-,32+,33-,35+,36-,37+,38-;/m1./s1. The summed E-state index contributed by atoms with van der Waals surface area (Å²) in [6.07, 6.45) is -8.19. The molecule has 53 heavy (non-hydrogen) atoms. The minimum atomic E-state index is -1.80. The van der Waals surface area contributed by atoms with Gasteiger partial charge in [-0.3, -0.25) is 4.79 Å². The van der Waals surface area contributed by atoms with E-state index in [2.05, 4.69) is 0 Å². The molecule has 0 aromatic rings. The van der Waals surface area contributed by atoms with Gasteiger partial charge in [0.15, 0.2) is 12.6 Å². The van der Waals surface area contributed by atoms with Crippen molar-refractivity contribution >= 4 is 5.97 Å². The number of likely N-dealkylation sites (N-methyl/N-ethyl adjacent to an activating group) is 2. The quantitative estimate of drug-likeness (QED) is 0.234. The molecule has 3 aliphatic heterocycles. The molecule has 0 aliphatic carbocycles. The van der Waals surface area contributed by atoms with Crippen molar-refractivity contribution in [2.75, 3.05) is 34.8 Å². The first kappa shape index (κ1) is 47.1. The van der Waals surface area contributed by atoms with Gasteiger partial charge in [-0.05, 0) is 94.8 Å². The van der Waals surface area contributed by atoms with Gasteiger partial charge in [-0.1, -0.05) is 20.8 Å². The number of nitrogens with zero attached hydrogens (tertiary/aromatic N) is 2. The summed E-state index contributed by atoms with van der Waals surface area (Å²) >= 11 is 0. The Morgan fingerprint density at radius 3 is 2.09 bits per heavy atom. The molecule has 5 N–H and O–H groups in total. The summed E-state index contributed by atoms with van der Waals surface area (Å²) in [7, 11) is 7.12.